The summed E-state index contributed by atoms with van der Waals surface area (Å²) in [4.78, 5) is 20.4. The van der Waals surface area contributed by atoms with Crippen molar-refractivity contribution in [2.45, 2.75) is 56.0 Å². The van der Waals surface area contributed by atoms with Gasteiger partial charge < -0.3 is 9.47 Å². The standard InChI is InChI=1S/C32H33FN4O3S/c1-21-10-14-24(15-11-21)41(39,40)35-30-9-5-6-22-12-13-23(18-26(22)30)37(20-31-34-16-17-36(31)2)32(38)28-19-27(28)25-7-3-4-8-29(25)33/h3-4,7-8,10-18,27-28,30,35H,5-6,9,19-20H2,1-2H3/t27-,28-,30-/m1/s1. The van der Waals surface area contributed by atoms with Gasteiger partial charge in [0.1, 0.15) is 11.6 Å². The number of amides is 1. The lowest BCUT2D eigenvalue weighted by Crippen LogP contribution is -2.34. The zero-order valence-electron chi connectivity index (χ0n) is 23.1. The normalized spacial score (nSPS) is 19.9. The van der Waals surface area contributed by atoms with E-state index in [0.717, 1.165) is 35.4 Å². The van der Waals surface area contributed by atoms with Gasteiger partial charge in [-0.1, -0.05) is 42.0 Å². The molecule has 1 aromatic heterocycles. The summed E-state index contributed by atoms with van der Waals surface area (Å²) >= 11 is 0. The molecule has 3 atom stereocenters. The molecule has 0 bridgehead atoms. The van der Waals surface area contributed by atoms with Crippen molar-refractivity contribution >= 4 is 21.6 Å². The zero-order valence-corrected chi connectivity index (χ0v) is 23.9. The Morgan fingerprint density at radius 3 is 2.61 bits per heavy atom. The summed E-state index contributed by atoms with van der Waals surface area (Å²) in [5.41, 5.74) is 4.18. The summed E-state index contributed by atoms with van der Waals surface area (Å²) in [6, 6.07) is 18.9. The minimum absolute atomic E-state index is 0.0891. The molecule has 1 N–H and O–H groups in total. The number of carbonyl (C=O) groups is 1. The number of benzene rings is 3. The SMILES string of the molecule is Cc1ccc(S(=O)(=O)N[C@@H]2CCCc3ccc(N(Cc4nccn4C)C(=O)[C@@H]4C[C@@H]4c4ccccc4F)cc32)cc1. The maximum atomic E-state index is 14.5. The molecule has 41 heavy (non-hydrogen) atoms. The van der Waals surface area contributed by atoms with Crippen LogP contribution >= 0.6 is 0 Å². The monoisotopic (exact) mass is 572 g/mol. The number of carbonyl (C=O) groups excluding carboxylic acids is 1. The van der Waals surface area contributed by atoms with Crippen molar-refractivity contribution in [2.24, 2.45) is 13.0 Å². The second-order valence-corrected chi connectivity index (χ2v) is 12.8. The summed E-state index contributed by atoms with van der Waals surface area (Å²) < 4.78 is 45.9. The van der Waals surface area contributed by atoms with E-state index in [9.17, 15) is 17.6 Å². The van der Waals surface area contributed by atoms with Crippen LogP contribution in [0.5, 0.6) is 0 Å². The Morgan fingerprint density at radius 1 is 1.10 bits per heavy atom. The second-order valence-electron chi connectivity index (χ2n) is 11.1. The molecular formula is C32H33FN4O3S. The molecule has 1 amide bonds. The Labute approximate surface area is 240 Å². The van der Waals surface area contributed by atoms with E-state index in [-0.39, 0.29) is 35.0 Å². The smallest absolute Gasteiger partial charge is 0.241 e. The average Bonchev–Trinajstić information content (AvgIpc) is 3.65. The van der Waals surface area contributed by atoms with E-state index in [4.69, 9.17) is 0 Å². The molecule has 3 aromatic carbocycles. The molecule has 0 aliphatic heterocycles. The summed E-state index contributed by atoms with van der Waals surface area (Å²) in [6.45, 7) is 2.17. The molecule has 2 aliphatic carbocycles. The molecule has 0 unspecified atom stereocenters. The van der Waals surface area contributed by atoms with Gasteiger partial charge in [-0.05, 0) is 85.5 Å². The van der Waals surface area contributed by atoms with Crippen LogP contribution in [0.15, 0.2) is 84.0 Å². The highest BCUT2D eigenvalue weighted by Gasteiger charge is 2.47. The summed E-state index contributed by atoms with van der Waals surface area (Å²) in [6.07, 6.45) is 6.47. The Bertz CT molecular complexity index is 1700. The zero-order chi connectivity index (χ0) is 28.7. The molecular weight excluding hydrogens is 539 g/mol. The van der Waals surface area contributed by atoms with E-state index in [2.05, 4.69) is 9.71 Å². The van der Waals surface area contributed by atoms with Crippen molar-refractivity contribution in [1.82, 2.24) is 14.3 Å². The van der Waals surface area contributed by atoms with Crippen molar-refractivity contribution in [3.63, 3.8) is 0 Å². The highest BCUT2D eigenvalue weighted by atomic mass is 32.2. The topological polar surface area (TPSA) is 84.3 Å². The van der Waals surface area contributed by atoms with E-state index < -0.39 is 16.1 Å². The summed E-state index contributed by atoms with van der Waals surface area (Å²) in [5.74, 6) is -0.163. The molecule has 1 heterocycles. The van der Waals surface area contributed by atoms with Crippen LogP contribution in [-0.2, 0) is 34.8 Å². The van der Waals surface area contributed by atoms with Gasteiger partial charge in [-0.3, -0.25) is 4.79 Å². The molecule has 7 nitrogen and oxygen atoms in total. The third-order valence-corrected chi connectivity index (χ3v) is 9.77. The largest absolute Gasteiger partial charge is 0.337 e. The number of aromatic nitrogens is 2. The first-order valence-corrected chi connectivity index (χ1v) is 15.4. The number of halogens is 1. The van der Waals surface area contributed by atoms with Crippen molar-refractivity contribution in [1.29, 1.82) is 0 Å². The number of hydrogen-bond donors (Lipinski definition) is 1. The Morgan fingerprint density at radius 2 is 1.88 bits per heavy atom. The van der Waals surface area contributed by atoms with Gasteiger partial charge in [0.2, 0.25) is 15.9 Å². The van der Waals surface area contributed by atoms with Gasteiger partial charge in [-0.2, -0.15) is 0 Å². The maximum absolute atomic E-state index is 14.5. The van der Waals surface area contributed by atoms with Crippen LogP contribution in [0.25, 0.3) is 0 Å². The number of nitrogens with zero attached hydrogens (tertiary/aromatic N) is 3. The summed E-state index contributed by atoms with van der Waals surface area (Å²) in [7, 11) is -1.86. The Balaban J connectivity index is 1.32. The number of anilines is 1. The van der Waals surface area contributed by atoms with E-state index >= 15 is 0 Å². The first-order chi connectivity index (χ1) is 19.7. The number of rotatable bonds is 8. The minimum atomic E-state index is -3.74. The molecule has 2 aliphatic rings. The third kappa shape index (κ3) is 5.56. The predicted octanol–water partition coefficient (Wildman–Crippen LogP) is 5.56. The van der Waals surface area contributed by atoms with E-state index in [1.165, 1.54) is 6.07 Å². The third-order valence-electron chi connectivity index (χ3n) is 8.28. The van der Waals surface area contributed by atoms with Crippen LogP contribution in [0.3, 0.4) is 0 Å². The number of aryl methyl sites for hydroxylation is 3. The van der Waals surface area contributed by atoms with Gasteiger partial charge in [0.25, 0.3) is 0 Å². The van der Waals surface area contributed by atoms with E-state index in [1.807, 2.05) is 42.9 Å². The van der Waals surface area contributed by atoms with Crippen LogP contribution in [0, 0.1) is 18.7 Å². The lowest BCUT2D eigenvalue weighted by atomic mass is 9.87. The first-order valence-electron chi connectivity index (χ1n) is 13.9. The van der Waals surface area contributed by atoms with Crippen molar-refractivity contribution in [3.8, 4) is 0 Å². The number of fused-ring (bicyclic) bond motifs is 1. The quantitative estimate of drug-likeness (QED) is 0.300. The van der Waals surface area contributed by atoms with E-state index in [0.29, 0.717) is 24.1 Å². The van der Waals surface area contributed by atoms with Gasteiger partial charge in [-0.15, -0.1) is 0 Å². The van der Waals surface area contributed by atoms with Crippen molar-refractivity contribution in [2.75, 3.05) is 4.90 Å². The fraction of sp³-hybridized carbons (Fsp3) is 0.312. The lowest BCUT2D eigenvalue weighted by Gasteiger charge is -2.29. The Hall–Kier alpha value is -3.82. The number of nitrogens with one attached hydrogen (secondary N) is 1. The second kappa shape index (κ2) is 10.9. The van der Waals surface area contributed by atoms with Crippen molar-refractivity contribution < 1.29 is 17.6 Å². The molecule has 6 rings (SSSR count). The minimum Gasteiger partial charge on any atom is -0.337 e. The van der Waals surface area contributed by atoms with Crippen LogP contribution in [-0.4, -0.2) is 23.9 Å². The highest BCUT2D eigenvalue weighted by Crippen LogP contribution is 2.50. The highest BCUT2D eigenvalue weighted by molar-refractivity contribution is 7.89. The van der Waals surface area contributed by atoms with Gasteiger partial charge >= 0.3 is 0 Å². The van der Waals surface area contributed by atoms with Crippen LogP contribution < -0.4 is 9.62 Å². The lowest BCUT2D eigenvalue weighted by molar-refractivity contribution is -0.120. The molecule has 0 radical (unpaired) electrons. The van der Waals surface area contributed by atoms with Gasteiger partial charge in [0, 0.05) is 37.1 Å². The molecule has 1 fully saturated rings. The summed E-state index contributed by atoms with van der Waals surface area (Å²) in [5, 5.41) is 0. The van der Waals surface area contributed by atoms with Gasteiger partial charge in [-0.25, -0.2) is 22.5 Å². The molecule has 0 saturated heterocycles. The first kappa shape index (κ1) is 27.4. The molecule has 9 heteroatoms. The fourth-order valence-corrected chi connectivity index (χ4v) is 7.07. The van der Waals surface area contributed by atoms with Crippen LogP contribution in [0.4, 0.5) is 10.1 Å². The molecule has 212 valence electrons. The number of sulfonamides is 1. The van der Waals surface area contributed by atoms with Crippen LogP contribution in [0.2, 0.25) is 0 Å². The van der Waals surface area contributed by atoms with Gasteiger partial charge in [0.15, 0.2) is 0 Å². The molecule has 4 aromatic rings. The van der Waals surface area contributed by atoms with Crippen LogP contribution in [0.1, 0.15) is 59.3 Å². The van der Waals surface area contributed by atoms with Gasteiger partial charge in [0.05, 0.1) is 11.4 Å². The van der Waals surface area contributed by atoms with Crippen molar-refractivity contribution in [3.05, 3.63) is 113 Å². The average molecular weight is 573 g/mol. The Kier molecular flexibility index (Phi) is 7.25. The fourth-order valence-electron chi connectivity index (χ4n) is 5.82. The molecule has 1 saturated carbocycles. The number of hydrogen-bond acceptors (Lipinski definition) is 4. The molecule has 0 spiro atoms. The maximum Gasteiger partial charge on any atom is 0.241 e. The van der Waals surface area contributed by atoms with E-state index in [1.54, 1.807) is 53.6 Å². The predicted molar refractivity (Wildman–Crippen MR) is 155 cm³/mol. The number of imidazole rings is 1.